The number of halogens is 1. The number of benzene rings is 1. The van der Waals surface area contributed by atoms with Crippen LogP contribution in [0.3, 0.4) is 0 Å². The number of allylic oxidation sites excluding steroid dienone is 3. The van der Waals surface area contributed by atoms with Crippen LogP contribution >= 0.6 is 0 Å². The van der Waals surface area contributed by atoms with Gasteiger partial charge in [0.2, 0.25) is 0 Å². The SMILES string of the molecule is C=C/C=C/C1CCC(c2ccc(C#N)c(F)c2)CC1. The van der Waals surface area contributed by atoms with E-state index in [1.54, 1.807) is 6.07 Å². The molecule has 0 unspecified atom stereocenters. The lowest BCUT2D eigenvalue weighted by atomic mass is 9.78. The lowest BCUT2D eigenvalue weighted by molar-refractivity contribution is 0.375. The minimum atomic E-state index is -0.395. The van der Waals surface area contributed by atoms with Gasteiger partial charge >= 0.3 is 0 Å². The summed E-state index contributed by atoms with van der Waals surface area (Å²) in [5, 5.41) is 8.73. The molecule has 19 heavy (non-hydrogen) atoms. The highest BCUT2D eigenvalue weighted by atomic mass is 19.1. The van der Waals surface area contributed by atoms with Crippen molar-refractivity contribution in [3.05, 3.63) is 60.0 Å². The van der Waals surface area contributed by atoms with Gasteiger partial charge in [0.15, 0.2) is 0 Å². The lowest BCUT2D eigenvalue weighted by Gasteiger charge is -2.27. The van der Waals surface area contributed by atoms with E-state index in [2.05, 4.69) is 12.7 Å². The van der Waals surface area contributed by atoms with Crippen LogP contribution in [0.15, 0.2) is 43.0 Å². The Morgan fingerprint density at radius 1 is 1.26 bits per heavy atom. The Labute approximate surface area is 114 Å². The molecule has 1 nitrogen and oxygen atoms in total. The van der Waals surface area contributed by atoms with E-state index >= 15 is 0 Å². The van der Waals surface area contributed by atoms with Crippen LogP contribution in [0, 0.1) is 23.1 Å². The molecule has 0 atom stereocenters. The van der Waals surface area contributed by atoms with Crippen LogP contribution in [0.5, 0.6) is 0 Å². The molecule has 2 rings (SSSR count). The van der Waals surface area contributed by atoms with Gasteiger partial charge in [-0.3, -0.25) is 0 Å². The number of rotatable bonds is 3. The van der Waals surface area contributed by atoms with E-state index in [4.69, 9.17) is 5.26 Å². The Bertz CT molecular complexity index is 517. The molecule has 2 heteroatoms. The van der Waals surface area contributed by atoms with Crippen molar-refractivity contribution in [3.8, 4) is 6.07 Å². The molecule has 1 fully saturated rings. The molecular formula is C17H18FN. The molecule has 1 aromatic rings. The molecule has 1 aliphatic rings. The normalized spacial score (nSPS) is 23.2. The van der Waals surface area contributed by atoms with Gasteiger partial charge in [0.05, 0.1) is 5.56 Å². The zero-order chi connectivity index (χ0) is 13.7. The first kappa shape index (κ1) is 13.5. The van der Waals surface area contributed by atoms with E-state index < -0.39 is 5.82 Å². The first-order valence-corrected chi connectivity index (χ1v) is 6.73. The average Bonchev–Trinajstić information content (AvgIpc) is 2.45. The van der Waals surface area contributed by atoms with Crippen LogP contribution in [-0.4, -0.2) is 0 Å². The van der Waals surface area contributed by atoms with Crippen LogP contribution in [0.25, 0.3) is 0 Å². The first-order valence-electron chi connectivity index (χ1n) is 6.73. The van der Waals surface area contributed by atoms with Gasteiger partial charge in [0, 0.05) is 0 Å². The van der Waals surface area contributed by atoms with Gasteiger partial charge in [-0.2, -0.15) is 5.26 Å². The van der Waals surface area contributed by atoms with Gasteiger partial charge in [-0.1, -0.05) is 30.9 Å². The van der Waals surface area contributed by atoms with Crippen molar-refractivity contribution in [3.63, 3.8) is 0 Å². The van der Waals surface area contributed by atoms with Crippen molar-refractivity contribution in [2.24, 2.45) is 5.92 Å². The predicted octanol–water partition coefficient (Wildman–Crippen LogP) is 4.71. The summed E-state index contributed by atoms with van der Waals surface area (Å²) in [4.78, 5) is 0. The Kier molecular flexibility index (Phi) is 4.52. The van der Waals surface area contributed by atoms with Gasteiger partial charge in [-0.25, -0.2) is 4.39 Å². The summed E-state index contributed by atoms with van der Waals surface area (Å²) in [5.41, 5.74) is 1.16. The number of hydrogen-bond donors (Lipinski definition) is 0. The van der Waals surface area contributed by atoms with E-state index in [1.165, 1.54) is 6.07 Å². The second kappa shape index (κ2) is 6.33. The maximum atomic E-state index is 13.6. The smallest absolute Gasteiger partial charge is 0.141 e. The lowest BCUT2D eigenvalue weighted by Crippen LogP contribution is -2.12. The molecule has 0 spiro atoms. The minimum Gasteiger partial charge on any atom is -0.206 e. The van der Waals surface area contributed by atoms with Crippen LogP contribution in [0.2, 0.25) is 0 Å². The van der Waals surface area contributed by atoms with Crippen molar-refractivity contribution in [2.45, 2.75) is 31.6 Å². The van der Waals surface area contributed by atoms with Gasteiger partial charge in [0.25, 0.3) is 0 Å². The molecule has 0 saturated heterocycles. The van der Waals surface area contributed by atoms with Crippen molar-refractivity contribution in [1.29, 1.82) is 5.26 Å². The second-order valence-corrected chi connectivity index (χ2v) is 5.08. The van der Waals surface area contributed by atoms with Crippen molar-refractivity contribution in [2.75, 3.05) is 0 Å². The van der Waals surface area contributed by atoms with E-state index in [0.29, 0.717) is 11.8 Å². The summed E-state index contributed by atoms with van der Waals surface area (Å²) in [7, 11) is 0. The molecular weight excluding hydrogens is 237 g/mol. The Morgan fingerprint density at radius 2 is 2.00 bits per heavy atom. The maximum absolute atomic E-state index is 13.6. The number of nitriles is 1. The molecule has 0 aromatic heterocycles. The van der Waals surface area contributed by atoms with E-state index in [9.17, 15) is 4.39 Å². The first-order chi connectivity index (χ1) is 9.24. The van der Waals surface area contributed by atoms with Gasteiger partial charge in [0.1, 0.15) is 11.9 Å². The fraction of sp³-hybridized carbons (Fsp3) is 0.353. The molecule has 0 N–H and O–H groups in total. The zero-order valence-corrected chi connectivity index (χ0v) is 11.0. The highest BCUT2D eigenvalue weighted by molar-refractivity contribution is 5.35. The highest BCUT2D eigenvalue weighted by Crippen LogP contribution is 2.36. The van der Waals surface area contributed by atoms with E-state index in [-0.39, 0.29) is 5.56 Å². The second-order valence-electron chi connectivity index (χ2n) is 5.08. The Balaban J connectivity index is 2.02. The third-order valence-corrected chi connectivity index (χ3v) is 3.88. The number of nitrogens with zero attached hydrogens (tertiary/aromatic N) is 1. The quantitative estimate of drug-likeness (QED) is 0.717. The van der Waals surface area contributed by atoms with Crippen molar-refractivity contribution in [1.82, 2.24) is 0 Å². The molecule has 1 aliphatic carbocycles. The average molecular weight is 255 g/mol. The third kappa shape index (κ3) is 3.32. The summed E-state index contributed by atoms with van der Waals surface area (Å²) in [6.45, 7) is 3.68. The van der Waals surface area contributed by atoms with Crippen LogP contribution in [-0.2, 0) is 0 Å². The Morgan fingerprint density at radius 3 is 2.58 bits per heavy atom. The molecule has 0 radical (unpaired) electrons. The van der Waals surface area contributed by atoms with Crippen molar-refractivity contribution < 1.29 is 4.39 Å². The van der Waals surface area contributed by atoms with E-state index in [0.717, 1.165) is 31.2 Å². The summed E-state index contributed by atoms with van der Waals surface area (Å²) in [5.74, 6) is 0.654. The Hall–Kier alpha value is -1.88. The van der Waals surface area contributed by atoms with Crippen LogP contribution in [0.4, 0.5) is 4.39 Å². The van der Waals surface area contributed by atoms with Crippen molar-refractivity contribution >= 4 is 0 Å². The fourth-order valence-electron chi connectivity index (χ4n) is 2.76. The summed E-state index contributed by atoms with van der Waals surface area (Å²) >= 11 is 0. The molecule has 1 saturated carbocycles. The number of hydrogen-bond acceptors (Lipinski definition) is 1. The largest absolute Gasteiger partial charge is 0.206 e. The topological polar surface area (TPSA) is 23.8 Å². The molecule has 98 valence electrons. The molecule has 0 aliphatic heterocycles. The molecule has 0 bridgehead atoms. The van der Waals surface area contributed by atoms with Crippen LogP contribution < -0.4 is 0 Å². The fourth-order valence-corrected chi connectivity index (χ4v) is 2.76. The molecule has 0 heterocycles. The monoisotopic (exact) mass is 255 g/mol. The molecule has 0 amide bonds. The minimum absolute atomic E-state index is 0.131. The van der Waals surface area contributed by atoms with Crippen LogP contribution in [0.1, 0.15) is 42.7 Å². The van der Waals surface area contributed by atoms with Gasteiger partial charge < -0.3 is 0 Å². The molecule has 1 aromatic carbocycles. The standard InChI is InChI=1S/C17H18FN/c1-2-3-4-13-5-7-14(8-6-13)15-9-10-16(12-19)17(18)11-15/h2-4,9-11,13-14H,1,5-8H2/b4-3+. The maximum Gasteiger partial charge on any atom is 0.141 e. The van der Waals surface area contributed by atoms with Gasteiger partial charge in [-0.05, 0) is 55.2 Å². The third-order valence-electron chi connectivity index (χ3n) is 3.88. The predicted molar refractivity (Wildman–Crippen MR) is 75.2 cm³/mol. The van der Waals surface area contributed by atoms with Gasteiger partial charge in [-0.15, -0.1) is 0 Å². The summed E-state index contributed by atoms with van der Waals surface area (Å²) < 4.78 is 13.6. The summed E-state index contributed by atoms with van der Waals surface area (Å²) in [6.07, 6.45) is 10.5. The zero-order valence-electron chi connectivity index (χ0n) is 11.0. The summed E-state index contributed by atoms with van der Waals surface area (Å²) in [6, 6.07) is 6.88. The van der Waals surface area contributed by atoms with E-state index in [1.807, 2.05) is 24.3 Å². The highest BCUT2D eigenvalue weighted by Gasteiger charge is 2.21.